The molecular formula is C25H18Cl2N2O3S2. The fourth-order valence-electron chi connectivity index (χ4n) is 3.16. The van der Waals surface area contributed by atoms with Crippen LogP contribution < -0.4 is 10.2 Å². The number of thiocarbonyl (C=S) groups is 1. The predicted octanol–water partition coefficient (Wildman–Crippen LogP) is 6.43. The van der Waals surface area contributed by atoms with Crippen LogP contribution in [0, 0.1) is 6.92 Å². The third-order valence-corrected chi connectivity index (χ3v) is 6.87. The second-order valence-electron chi connectivity index (χ2n) is 7.37. The van der Waals surface area contributed by atoms with E-state index in [1.165, 1.54) is 0 Å². The van der Waals surface area contributed by atoms with Crippen LogP contribution in [0.1, 0.15) is 27.0 Å². The van der Waals surface area contributed by atoms with Crippen molar-refractivity contribution in [3.63, 3.8) is 0 Å². The zero-order valence-corrected chi connectivity index (χ0v) is 21.0. The fraction of sp³-hybridized carbons (Fsp3) is 0.0800. The number of hydrogen-bond donors (Lipinski definition) is 1. The minimum Gasteiger partial charge on any atom is -0.489 e. The summed E-state index contributed by atoms with van der Waals surface area (Å²) in [5.74, 6) is -0.117. The molecular weight excluding hydrogens is 511 g/mol. The molecule has 0 saturated carbocycles. The Morgan fingerprint density at radius 2 is 1.85 bits per heavy atom. The van der Waals surface area contributed by atoms with Crippen molar-refractivity contribution in [1.29, 1.82) is 0 Å². The molecule has 172 valence electrons. The van der Waals surface area contributed by atoms with Gasteiger partial charge in [0.25, 0.3) is 11.8 Å². The van der Waals surface area contributed by atoms with Crippen molar-refractivity contribution in [2.24, 2.45) is 0 Å². The average molecular weight is 529 g/mol. The molecule has 4 rings (SSSR count). The van der Waals surface area contributed by atoms with Gasteiger partial charge in [0.05, 0.1) is 4.91 Å². The molecule has 2 amide bonds. The third-order valence-electron chi connectivity index (χ3n) is 4.98. The number of halogens is 2. The molecule has 3 aromatic rings. The number of ether oxygens (including phenoxy) is 1. The number of nitrogens with one attached hydrogen (secondary N) is 1. The summed E-state index contributed by atoms with van der Waals surface area (Å²) in [4.78, 5) is 25.9. The van der Waals surface area contributed by atoms with Gasteiger partial charge in [-0.05, 0) is 66.7 Å². The number of thioether (sulfide) groups is 1. The summed E-state index contributed by atoms with van der Waals surface area (Å²) in [5.41, 5.74) is 5.51. The highest BCUT2D eigenvalue weighted by Crippen LogP contribution is 2.32. The molecule has 0 bridgehead atoms. The first-order valence-corrected chi connectivity index (χ1v) is 12.1. The number of carbonyl (C=O) groups excluding carboxylic acids is 2. The molecule has 9 heteroatoms. The zero-order chi connectivity index (χ0) is 24.2. The molecule has 0 aromatic heterocycles. The summed E-state index contributed by atoms with van der Waals surface area (Å²) >= 11 is 18.5. The van der Waals surface area contributed by atoms with Gasteiger partial charge in [0.1, 0.15) is 12.4 Å². The second kappa shape index (κ2) is 10.6. The van der Waals surface area contributed by atoms with E-state index in [-0.39, 0.29) is 10.2 Å². The SMILES string of the molecule is Cc1ccccc1C(=O)NN1C(=O)/C(=C/c2ccc(OCc3ccc(Cl)cc3Cl)cc2)SC1=S. The maximum absolute atomic E-state index is 12.8. The molecule has 1 N–H and O–H groups in total. The van der Waals surface area contributed by atoms with Gasteiger partial charge in [-0.3, -0.25) is 15.0 Å². The lowest BCUT2D eigenvalue weighted by molar-refractivity contribution is -0.123. The Kier molecular flexibility index (Phi) is 7.58. The Bertz CT molecular complexity index is 1310. The molecule has 5 nitrogen and oxygen atoms in total. The van der Waals surface area contributed by atoms with Crippen molar-refractivity contribution in [2.45, 2.75) is 13.5 Å². The largest absolute Gasteiger partial charge is 0.489 e. The summed E-state index contributed by atoms with van der Waals surface area (Å²) in [7, 11) is 0. The Labute approximate surface area is 216 Å². The lowest BCUT2D eigenvalue weighted by atomic mass is 10.1. The molecule has 1 saturated heterocycles. The maximum atomic E-state index is 12.8. The molecule has 0 aliphatic carbocycles. The van der Waals surface area contributed by atoms with Gasteiger partial charge < -0.3 is 4.74 Å². The molecule has 3 aromatic carbocycles. The first-order valence-electron chi connectivity index (χ1n) is 10.1. The lowest BCUT2D eigenvalue weighted by Crippen LogP contribution is -2.45. The van der Waals surface area contributed by atoms with E-state index in [1.807, 2.05) is 37.3 Å². The van der Waals surface area contributed by atoms with Crippen LogP contribution in [0.2, 0.25) is 10.0 Å². The van der Waals surface area contributed by atoms with Crippen LogP contribution >= 0.6 is 47.2 Å². The van der Waals surface area contributed by atoms with Crippen LogP contribution in [0.4, 0.5) is 0 Å². The van der Waals surface area contributed by atoms with E-state index in [2.05, 4.69) is 5.43 Å². The standard InChI is InChI=1S/C25H18Cl2N2O3S2/c1-15-4-2-3-5-20(15)23(30)28-29-24(31)22(34-25(29)33)12-16-6-10-19(11-7-16)32-14-17-8-9-18(26)13-21(17)27/h2-13H,14H2,1H3,(H,28,30)/b22-12-. The Hall–Kier alpha value is -2.84. The molecule has 1 aliphatic heterocycles. The zero-order valence-electron chi connectivity index (χ0n) is 17.9. The number of benzene rings is 3. The van der Waals surface area contributed by atoms with Crippen LogP contribution in [0.15, 0.2) is 71.6 Å². The molecule has 0 unspecified atom stereocenters. The van der Waals surface area contributed by atoms with E-state index in [0.29, 0.717) is 32.9 Å². The first kappa shape index (κ1) is 24.3. The highest BCUT2D eigenvalue weighted by atomic mass is 35.5. The molecule has 1 heterocycles. The van der Waals surface area contributed by atoms with E-state index in [9.17, 15) is 9.59 Å². The number of hydrazine groups is 1. The number of carbonyl (C=O) groups is 2. The Morgan fingerprint density at radius 1 is 1.12 bits per heavy atom. The molecule has 0 atom stereocenters. The fourth-order valence-corrected chi connectivity index (χ4v) is 4.81. The summed E-state index contributed by atoms with van der Waals surface area (Å²) in [6.07, 6.45) is 1.72. The van der Waals surface area contributed by atoms with E-state index in [4.69, 9.17) is 40.2 Å². The number of aryl methyl sites for hydroxylation is 1. The van der Waals surface area contributed by atoms with Gasteiger partial charge in [-0.25, -0.2) is 0 Å². The van der Waals surface area contributed by atoms with Crippen molar-refractivity contribution >= 4 is 69.4 Å². The third kappa shape index (κ3) is 5.62. The van der Waals surface area contributed by atoms with Crippen molar-refractivity contribution in [1.82, 2.24) is 10.4 Å². The maximum Gasteiger partial charge on any atom is 0.285 e. The minimum absolute atomic E-state index is 0.262. The predicted molar refractivity (Wildman–Crippen MR) is 141 cm³/mol. The molecule has 1 fully saturated rings. The van der Waals surface area contributed by atoms with Crippen LogP contribution in [0.25, 0.3) is 6.08 Å². The van der Waals surface area contributed by atoms with Crippen molar-refractivity contribution in [3.8, 4) is 5.75 Å². The van der Waals surface area contributed by atoms with Gasteiger partial charge in [0.2, 0.25) is 0 Å². The van der Waals surface area contributed by atoms with Gasteiger partial charge in [0, 0.05) is 21.2 Å². The topological polar surface area (TPSA) is 58.6 Å². The first-order chi connectivity index (χ1) is 16.3. The van der Waals surface area contributed by atoms with Gasteiger partial charge in [0.15, 0.2) is 4.32 Å². The van der Waals surface area contributed by atoms with Crippen LogP contribution in [0.5, 0.6) is 5.75 Å². The molecule has 34 heavy (non-hydrogen) atoms. The average Bonchev–Trinajstić information content (AvgIpc) is 3.07. The normalized spacial score (nSPS) is 14.6. The van der Waals surface area contributed by atoms with Gasteiger partial charge in [-0.1, -0.05) is 71.4 Å². The van der Waals surface area contributed by atoms with E-state index in [1.54, 1.807) is 42.5 Å². The summed E-state index contributed by atoms with van der Waals surface area (Å²) in [6.45, 7) is 2.13. The highest BCUT2D eigenvalue weighted by Gasteiger charge is 2.33. The van der Waals surface area contributed by atoms with Gasteiger partial charge >= 0.3 is 0 Å². The Morgan fingerprint density at radius 3 is 2.56 bits per heavy atom. The molecule has 0 spiro atoms. The number of rotatable bonds is 6. The van der Waals surface area contributed by atoms with Crippen LogP contribution in [-0.2, 0) is 11.4 Å². The van der Waals surface area contributed by atoms with Crippen molar-refractivity contribution in [2.75, 3.05) is 0 Å². The van der Waals surface area contributed by atoms with E-state index < -0.39 is 5.91 Å². The Balaban J connectivity index is 1.40. The van der Waals surface area contributed by atoms with Crippen molar-refractivity contribution < 1.29 is 14.3 Å². The number of hydrogen-bond acceptors (Lipinski definition) is 5. The van der Waals surface area contributed by atoms with Crippen LogP contribution in [-0.4, -0.2) is 21.1 Å². The quantitative estimate of drug-likeness (QED) is 0.295. The van der Waals surface area contributed by atoms with Crippen molar-refractivity contribution in [3.05, 3.63) is 104 Å². The van der Waals surface area contributed by atoms with E-state index in [0.717, 1.165) is 33.5 Å². The monoisotopic (exact) mass is 528 g/mol. The highest BCUT2D eigenvalue weighted by molar-refractivity contribution is 8.26. The van der Waals surface area contributed by atoms with Gasteiger partial charge in [-0.2, -0.15) is 5.01 Å². The number of nitrogens with zero attached hydrogens (tertiary/aromatic N) is 1. The summed E-state index contributed by atoms with van der Waals surface area (Å²) in [6, 6.07) is 19.7. The number of amides is 2. The van der Waals surface area contributed by atoms with Crippen LogP contribution in [0.3, 0.4) is 0 Å². The smallest absolute Gasteiger partial charge is 0.285 e. The summed E-state index contributed by atoms with van der Waals surface area (Å²) < 4.78 is 6.05. The molecule has 0 radical (unpaired) electrons. The lowest BCUT2D eigenvalue weighted by Gasteiger charge is -2.16. The summed E-state index contributed by atoms with van der Waals surface area (Å²) in [5, 5.41) is 2.22. The minimum atomic E-state index is -0.391. The second-order valence-corrected chi connectivity index (χ2v) is 9.89. The molecule has 1 aliphatic rings. The van der Waals surface area contributed by atoms with E-state index >= 15 is 0 Å². The van der Waals surface area contributed by atoms with Gasteiger partial charge in [-0.15, -0.1) is 0 Å².